The fourth-order valence-corrected chi connectivity index (χ4v) is 6.71. The Bertz CT molecular complexity index is 1890. The Morgan fingerprint density at radius 1 is 0.432 bits per heavy atom. The molecule has 0 aromatic heterocycles. The van der Waals surface area contributed by atoms with Crippen LogP contribution in [-0.4, -0.2) is 0 Å². The van der Waals surface area contributed by atoms with E-state index in [2.05, 4.69) is 170 Å². The predicted octanol–water partition coefficient (Wildman–Crippen LogP) is 11.8. The lowest BCUT2D eigenvalue weighted by Gasteiger charge is -2.21. The zero-order valence-electron chi connectivity index (χ0n) is 19.6. The molecule has 0 saturated heterocycles. The maximum absolute atomic E-state index is 3.76. The van der Waals surface area contributed by atoms with Crippen molar-refractivity contribution in [3.8, 4) is 22.3 Å². The van der Waals surface area contributed by atoms with Crippen LogP contribution in [0.1, 0.15) is 0 Å². The molecule has 0 atom stereocenters. The fourth-order valence-electron chi connectivity index (χ4n) is 5.63. The molecule has 3 heteroatoms. The number of fused-ring (bicyclic) bond motifs is 6. The number of benzene rings is 7. The van der Waals surface area contributed by atoms with Crippen LogP contribution in [0.2, 0.25) is 0 Å². The molecule has 0 aliphatic carbocycles. The lowest BCUT2D eigenvalue weighted by atomic mass is 9.82. The lowest BCUT2D eigenvalue weighted by molar-refractivity contribution is 1.63. The van der Waals surface area contributed by atoms with E-state index in [0.717, 1.165) is 8.95 Å². The summed E-state index contributed by atoms with van der Waals surface area (Å²) < 4.78 is 3.41. The summed E-state index contributed by atoms with van der Waals surface area (Å²) in [6.07, 6.45) is 0. The minimum absolute atomic E-state index is 1.09. The van der Waals surface area contributed by atoms with E-state index < -0.39 is 0 Å². The summed E-state index contributed by atoms with van der Waals surface area (Å²) >= 11 is 9.91. The molecule has 0 heterocycles. The molecule has 7 rings (SSSR count). The third kappa shape index (κ3) is 3.91. The molecule has 0 bridgehead atoms. The Balaban J connectivity index is 1.84. The Morgan fingerprint density at radius 2 is 0.919 bits per heavy atom. The SMILES string of the molecule is Brc1ccc2ccc3c(-c4ccc(I)cc4)c4ccc5ccc(Br)cc5c4c(-c4ccccc4)c3c2c1. The predicted molar refractivity (Wildman–Crippen MR) is 175 cm³/mol. The van der Waals surface area contributed by atoms with Crippen molar-refractivity contribution in [3.05, 3.63) is 128 Å². The van der Waals surface area contributed by atoms with Crippen LogP contribution in [0.25, 0.3) is 65.3 Å². The zero-order chi connectivity index (χ0) is 25.1. The molecule has 0 unspecified atom stereocenters. The minimum Gasteiger partial charge on any atom is -0.0622 e. The third-order valence-corrected chi connectivity index (χ3v) is 8.91. The van der Waals surface area contributed by atoms with Crippen molar-refractivity contribution in [1.82, 2.24) is 0 Å². The molecule has 0 aliphatic heterocycles. The maximum atomic E-state index is 3.76. The van der Waals surface area contributed by atoms with E-state index in [1.54, 1.807) is 0 Å². The van der Waals surface area contributed by atoms with Gasteiger partial charge in [0.15, 0.2) is 0 Å². The van der Waals surface area contributed by atoms with E-state index >= 15 is 0 Å². The molecule has 7 aromatic rings. The van der Waals surface area contributed by atoms with Gasteiger partial charge in [0.05, 0.1) is 0 Å². The molecule has 37 heavy (non-hydrogen) atoms. The molecular weight excluding hydrogens is 695 g/mol. The monoisotopic (exact) mass is 712 g/mol. The second-order valence-electron chi connectivity index (χ2n) is 9.33. The summed E-state index contributed by atoms with van der Waals surface area (Å²) in [5, 5.41) is 10.1. The first kappa shape index (κ1) is 23.4. The highest BCUT2D eigenvalue weighted by molar-refractivity contribution is 14.1. The molecule has 0 N–H and O–H groups in total. The van der Waals surface area contributed by atoms with Crippen LogP contribution in [0.15, 0.2) is 124 Å². The van der Waals surface area contributed by atoms with Gasteiger partial charge in [-0.3, -0.25) is 0 Å². The van der Waals surface area contributed by atoms with Gasteiger partial charge in [-0.1, -0.05) is 111 Å². The van der Waals surface area contributed by atoms with Gasteiger partial charge in [-0.2, -0.15) is 0 Å². The first-order valence-electron chi connectivity index (χ1n) is 12.1. The van der Waals surface area contributed by atoms with Crippen molar-refractivity contribution < 1.29 is 0 Å². The molecule has 0 spiro atoms. The standard InChI is InChI=1S/C34H19Br2I/c35-24-12-6-20-10-16-27-31(23-8-14-26(37)15-9-23)28-17-11-21-7-13-25(36)19-30(21)34(28)32(33(27)29(20)18-24)22-4-2-1-3-5-22/h1-19H. The number of hydrogen-bond donors (Lipinski definition) is 0. The van der Waals surface area contributed by atoms with Crippen LogP contribution in [0.5, 0.6) is 0 Å². The molecule has 0 nitrogen and oxygen atoms in total. The largest absolute Gasteiger partial charge is 0.0622 e. The molecule has 0 fully saturated rings. The average molecular weight is 714 g/mol. The first-order chi connectivity index (χ1) is 18.1. The van der Waals surface area contributed by atoms with Gasteiger partial charge in [-0.25, -0.2) is 0 Å². The average Bonchev–Trinajstić information content (AvgIpc) is 2.92. The first-order valence-corrected chi connectivity index (χ1v) is 14.8. The summed E-state index contributed by atoms with van der Waals surface area (Å²) in [4.78, 5) is 0. The van der Waals surface area contributed by atoms with Crippen molar-refractivity contribution >= 4 is 97.5 Å². The second kappa shape index (κ2) is 9.23. The van der Waals surface area contributed by atoms with E-state index in [9.17, 15) is 0 Å². The number of hydrogen-bond acceptors (Lipinski definition) is 0. The lowest BCUT2D eigenvalue weighted by Crippen LogP contribution is -1.93. The van der Waals surface area contributed by atoms with Gasteiger partial charge < -0.3 is 0 Å². The van der Waals surface area contributed by atoms with Gasteiger partial charge in [0.2, 0.25) is 0 Å². The highest BCUT2D eigenvalue weighted by Crippen LogP contribution is 2.48. The molecule has 0 radical (unpaired) electrons. The van der Waals surface area contributed by atoms with Gasteiger partial charge in [-0.05, 0) is 124 Å². The van der Waals surface area contributed by atoms with E-state index in [-0.39, 0.29) is 0 Å². The van der Waals surface area contributed by atoms with Crippen LogP contribution in [0.4, 0.5) is 0 Å². The van der Waals surface area contributed by atoms with Crippen molar-refractivity contribution in [2.75, 3.05) is 0 Å². The molecule has 0 aliphatic rings. The van der Waals surface area contributed by atoms with Gasteiger partial charge in [-0.15, -0.1) is 0 Å². The van der Waals surface area contributed by atoms with Crippen LogP contribution in [-0.2, 0) is 0 Å². The topological polar surface area (TPSA) is 0 Å². The molecule has 176 valence electrons. The van der Waals surface area contributed by atoms with Crippen LogP contribution < -0.4 is 0 Å². The number of halogens is 3. The van der Waals surface area contributed by atoms with E-state index in [1.807, 2.05) is 0 Å². The van der Waals surface area contributed by atoms with Crippen molar-refractivity contribution in [2.45, 2.75) is 0 Å². The normalized spacial score (nSPS) is 11.6. The summed E-state index contributed by atoms with van der Waals surface area (Å²) in [5.41, 5.74) is 5.03. The van der Waals surface area contributed by atoms with Crippen LogP contribution in [0, 0.1) is 3.57 Å². The summed E-state index contributed by atoms with van der Waals surface area (Å²) in [6, 6.07) is 42.2. The van der Waals surface area contributed by atoms with Gasteiger partial charge in [0.1, 0.15) is 0 Å². The van der Waals surface area contributed by atoms with Crippen molar-refractivity contribution in [2.24, 2.45) is 0 Å². The molecular formula is C34H19Br2I. The smallest absolute Gasteiger partial charge is 0.0181 e. The number of rotatable bonds is 2. The second-order valence-corrected chi connectivity index (χ2v) is 12.4. The summed E-state index contributed by atoms with van der Waals surface area (Å²) in [6.45, 7) is 0. The summed E-state index contributed by atoms with van der Waals surface area (Å²) in [7, 11) is 0. The third-order valence-electron chi connectivity index (χ3n) is 7.20. The van der Waals surface area contributed by atoms with Crippen LogP contribution in [0.3, 0.4) is 0 Å². The van der Waals surface area contributed by atoms with Gasteiger partial charge >= 0.3 is 0 Å². The Labute approximate surface area is 245 Å². The van der Waals surface area contributed by atoms with E-state index in [4.69, 9.17) is 0 Å². The van der Waals surface area contributed by atoms with E-state index in [0.29, 0.717) is 0 Å². The van der Waals surface area contributed by atoms with Crippen molar-refractivity contribution in [3.63, 3.8) is 0 Å². The van der Waals surface area contributed by atoms with Crippen LogP contribution >= 0.6 is 54.5 Å². The van der Waals surface area contributed by atoms with Gasteiger partial charge in [0, 0.05) is 12.5 Å². The summed E-state index contributed by atoms with van der Waals surface area (Å²) in [5.74, 6) is 0. The Kier molecular flexibility index (Phi) is 5.83. The maximum Gasteiger partial charge on any atom is 0.0181 e. The minimum atomic E-state index is 1.09. The Hall–Kier alpha value is -2.73. The highest BCUT2D eigenvalue weighted by atomic mass is 127. The van der Waals surface area contributed by atoms with E-state index in [1.165, 1.54) is 68.9 Å². The van der Waals surface area contributed by atoms with Gasteiger partial charge in [0.25, 0.3) is 0 Å². The zero-order valence-corrected chi connectivity index (χ0v) is 24.9. The fraction of sp³-hybridized carbons (Fsp3) is 0. The molecule has 0 amide bonds. The highest BCUT2D eigenvalue weighted by Gasteiger charge is 2.20. The quantitative estimate of drug-likeness (QED) is 0.0950. The Morgan fingerprint density at radius 3 is 1.46 bits per heavy atom. The van der Waals surface area contributed by atoms with Crippen molar-refractivity contribution in [1.29, 1.82) is 0 Å². The molecule has 7 aromatic carbocycles. The molecule has 0 saturated carbocycles.